The van der Waals surface area contributed by atoms with Crippen molar-refractivity contribution < 1.29 is 17.9 Å². The summed E-state index contributed by atoms with van der Waals surface area (Å²) in [6.07, 6.45) is 0. The van der Waals surface area contributed by atoms with Crippen LogP contribution in [0.15, 0.2) is 114 Å². The molecular weight excluding hydrogens is 472 g/mol. The Morgan fingerprint density at radius 3 is 1.86 bits per heavy atom. The molecule has 0 aliphatic carbocycles. The van der Waals surface area contributed by atoms with E-state index in [2.05, 4.69) is 5.32 Å². The minimum atomic E-state index is -3.69. The number of nitrogens with one attached hydrogen (secondary N) is 1. The highest BCUT2D eigenvalue weighted by Crippen LogP contribution is 2.25. The smallest absolute Gasteiger partial charge is 0.264 e. The molecule has 0 radical (unpaired) electrons. The van der Waals surface area contributed by atoms with Crippen molar-refractivity contribution in [3.05, 3.63) is 126 Å². The van der Waals surface area contributed by atoms with Crippen LogP contribution in [0.3, 0.4) is 0 Å². The number of amides is 1. The second-order valence-corrected chi connectivity index (χ2v) is 10.4. The molecule has 4 rings (SSSR count). The van der Waals surface area contributed by atoms with Gasteiger partial charge in [-0.1, -0.05) is 78.4 Å². The summed E-state index contributed by atoms with van der Waals surface area (Å²) in [6, 6.07) is 32.5. The number of rotatable bonds is 9. The van der Waals surface area contributed by atoms with Crippen molar-refractivity contribution in [1.82, 2.24) is 5.32 Å². The van der Waals surface area contributed by atoms with Gasteiger partial charge in [0, 0.05) is 7.05 Å². The van der Waals surface area contributed by atoms with Gasteiger partial charge < -0.3 is 10.1 Å². The Kier molecular flexibility index (Phi) is 7.71. The van der Waals surface area contributed by atoms with Gasteiger partial charge in [-0.05, 0) is 54.4 Å². The lowest BCUT2D eigenvalue weighted by Crippen LogP contribution is -2.33. The molecule has 7 heteroatoms. The predicted molar refractivity (Wildman–Crippen MR) is 142 cm³/mol. The number of aryl methyl sites for hydroxylation is 1. The highest BCUT2D eigenvalue weighted by Gasteiger charge is 2.21. The topological polar surface area (TPSA) is 75.7 Å². The third kappa shape index (κ3) is 5.93. The number of hydrogen-bond donors (Lipinski definition) is 1. The van der Waals surface area contributed by atoms with Crippen molar-refractivity contribution in [3.63, 3.8) is 0 Å². The van der Waals surface area contributed by atoms with E-state index in [0.717, 1.165) is 16.7 Å². The second kappa shape index (κ2) is 11.1. The second-order valence-electron chi connectivity index (χ2n) is 8.39. The molecule has 184 valence electrons. The van der Waals surface area contributed by atoms with Crippen LogP contribution in [-0.4, -0.2) is 28.0 Å². The lowest BCUT2D eigenvalue weighted by atomic mass is 9.99. The van der Waals surface area contributed by atoms with Crippen molar-refractivity contribution in [3.8, 4) is 5.75 Å². The van der Waals surface area contributed by atoms with Crippen LogP contribution >= 0.6 is 0 Å². The van der Waals surface area contributed by atoms with E-state index in [0.29, 0.717) is 11.4 Å². The minimum absolute atomic E-state index is 0.174. The van der Waals surface area contributed by atoms with Gasteiger partial charge in [0.1, 0.15) is 5.75 Å². The Morgan fingerprint density at radius 2 is 1.33 bits per heavy atom. The predicted octanol–water partition coefficient (Wildman–Crippen LogP) is 5.10. The van der Waals surface area contributed by atoms with Gasteiger partial charge in [-0.2, -0.15) is 0 Å². The molecule has 1 amide bonds. The average molecular weight is 501 g/mol. The summed E-state index contributed by atoms with van der Waals surface area (Å²) in [5.41, 5.74) is 3.42. The molecule has 0 aliphatic rings. The summed E-state index contributed by atoms with van der Waals surface area (Å²) in [5, 5.41) is 3.04. The van der Waals surface area contributed by atoms with E-state index in [9.17, 15) is 13.2 Å². The molecule has 0 aliphatic heterocycles. The summed E-state index contributed by atoms with van der Waals surface area (Å²) >= 11 is 0. The van der Waals surface area contributed by atoms with Crippen molar-refractivity contribution in [2.75, 3.05) is 18.0 Å². The largest absolute Gasteiger partial charge is 0.484 e. The fraction of sp³-hybridized carbons (Fsp3) is 0.138. The van der Waals surface area contributed by atoms with Crippen molar-refractivity contribution in [2.24, 2.45) is 0 Å². The third-order valence-corrected chi connectivity index (χ3v) is 7.62. The molecule has 1 N–H and O–H groups in total. The molecule has 36 heavy (non-hydrogen) atoms. The average Bonchev–Trinajstić information content (AvgIpc) is 2.91. The SMILES string of the molecule is Cc1ccc(S(=O)(=O)N(C)c2ccc(OCC(=O)NC(c3ccccc3)c3ccccc3)cc2)cc1. The molecular formula is C29H28N2O4S. The van der Waals surface area contributed by atoms with Crippen LogP contribution in [-0.2, 0) is 14.8 Å². The Labute approximate surface area is 212 Å². The molecule has 4 aromatic rings. The zero-order valence-corrected chi connectivity index (χ0v) is 21.0. The van der Waals surface area contributed by atoms with Crippen LogP contribution in [0.5, 0.6) is 5.75 Å². The van der Waals surface area contributed by atoms with E-state index < -0.39 is 10.0 Å². The van der Waals surface area contributed by atoms with Gasteiger partial charge in [-0.15, -0.1) is 0 Å². The fourth-order valence-electron chi connectivity index (χ4n) is 3.76. The number of nitrogens with zero attached hydrogens (tertiary/aromatic N) is 1. The monoisotopic (exact) mass is 500 g/mol. The molecule has 0 atom stereocenters. The number of carbonyl (C=O) groups is 1. The first-order chi connectivity index (χ1) is 17.3. The van der Waals surface area contributed by atoms with Gasteiger partial charge >= 0.3 is 0 Å². The molecule has 0 bridgehead atoms. The number of sulfonamides is 1. The van der Waals surface area contributed by atoms with E-state index in [-0.39, 0.29) is 23.5 Å². The summed E-state index contributed by atoms with van der Waals surface area (Å²) < 4.78 is 32.7. The number of benzene rings is 4. The van der Waals surface area contributed by atoms with Gasteiger partial charge in [0.2, 0.25) is 0 Å². The van der Waals surface area contributed by atoms with Crippen molar-refractivity contribution in [2.45, 2.75) is 17.9 Å². The van der Waals surface area contributed by atoms with Crippen LogP contribution in [0.25, 0.3) is 0 Å². The summed E-state index contributed by atoms with van der Waals surface area (Å²) in [5.74, 6) is 0.196. The van der Waals surface area contributed by atoms with Crippen LogP contribution in [0, 0.1) is 6.92 Å². The highest BCUT2D eigenvalue weighted by molar-refractivity contribution is 7.92. The van der Waals surface area contributed by atoms with Crippen LogP contribution < -0.4 is 14.4 Å². The number of hydrogen-bond acceptors (Lipinski definition) is 4. The van der Waals surface area contributed by atoms with E-state index in [1.54, 1.807) is 48.5 Å². The Morgan fingerprint density at radius 1 is 0.806 bits per heavy atom. The van der Waals surface area contributed by atoms with Gasteiger partial charge in [-0.3, -0.25) is 9.10 Å². The molecule has 0 unspecified atom stereocenters. The molecule has 0 saturated heterocycles. The van der Waals surface area contributed by atoms with Crippen LogP contribution in [0.4, 0.5) is 5.69 Å². The van der Waals surface area contributed by atoms with E-state index in [1.807, 2.05) is 67.6 Å². The molecule has 0 aromatic heterocycles. The normalized spacial score (nSPS) is 11.2. The maximum absolute atomic E-state index is 12.9. The standard InChI is InChI=1S/C29H28N2O4S/c1-22-13-19-27(20-14-22)36(33,34)31(2)25-15-17-26(18-16-25)35-21-28(32)30-29(23-9-5-3-6-10-23)24-11-7-4-8-12-24/h3-20,29H,21H2,1-2H3,(H,30,32). The van der Waals surface area contributed by atoms with Gasteiger partial charge in [0.05, 0.1) is 16.6 Å². The Balaban J connectivity index is 1.40. The number of anilines is 1. The highest BCUT2D eigenvalue weighted by atomic mass is 32.2. The summed E-state index contributed by atoms with van der Waals surface area (Å²) in [4.78, 5) is 13.0. The van der Waals surface area contributed by atoms with Crippen LogP contribution in [0.1, 0.15) is 22.7 Å². The molecule has 0 saturated carbocycles. The maximum Gasteiger partial charge on any atom is 0.264 e. The minimum Gasteiger partial charge on any atom is -0.484 e. The summed E-state index contributed by atoms with van der Waals surface area (Å²) in [7, 11) is -2.18. The molecule has 6 nitrogen and oxygen atoms in total. The van der Waals surface area contributed by atoms with Gasteiger partial charge in [0.15, 0.2) is 6.61 Å². The first-order valence-corrected chi connectivity index (χ1v) is 13.0. The zero-order chi connectivity index (χ0) is 25.5. The number of carbonyl (C=O) groups excluding carboxylic acids is 1. The quantitative estimate of drug-likeness (QED) is 0.347. The van der Waals surface area contributed by atoms with Gasteiger partial charge in [0.25, 0.3) is 15.9 Å². The lowest BCUT2D eigenvalue weighted by Gasteiger charge is -2.21. The number of ether oxygens (including phenoxy) is 1. The first kappa shape index (κ1) is 25.0. The van der Waals surface area contributed by atoms with Crippen molar-refractivity contribution >= 4 is 21.6 Å². The molecule has 4 aromatic carbocycles. The van der Waals surface area contributed by atoms with Crippen LogP contribution in [0.2, 0.25) is 0 Å². The summed E-state index contributed by atoms with van der Waals surface area (Å²) in [6.45, 7) is 1.73. The zero-order valence-electron chi connectivity index (χ0n) is 20.2. The lowest BCUT2D eigenvalue weighted by molar-refractivity contribution is -0.123. The Bertz CT molecular complexity index is 1350. The Hall–Kier alpha value is -4.10. The molecule has 0 spiro atoms. The van der Waals surface area contributed by atoms with Crippen molar-refractivity contribution in [1.29, 1.82) is 0 Å². The van der Waals surface area contributed by atoms with E-state index >= 15 is 0 Å². The van der Waals surface area contributed by atoms with E-state index in [4.69, 9.17) is 4.74 Å². The molecule has 0 heterocycles. The maximum atomic E-state index is 12.9. The molecule has 0 fully saturated rings. The third-order valence-electron chi connectivity index (χ3n) is 5.82. The fourth-order valence-corrected chi connectivity index (χ4v) is 4.96. The van der Waals surface area contributed by atoms with E-state index in [1.165, 1.54) is 11.4 Å². The first-order valence-electron chi connectivity index (χ1n) is 11.5. The van der Waals surface area contributed by atoms with Gasteiger partial charge in [-0.25, -0.2) is 8.42 Å².